The number of hydrogen-bond donors (Lipinski definition) is 2. The maximum atomic E-state index is 11.8. The number of nitrogens with one attached hydrogen (secondary N) is 1. The zero-order valence-corrected chi connectivity index (χ0v) is 12.5. The van der Waals surface area contributed by atoms with Crippen molar-refractivity contribution < 1.29 is 9.90 Å². The van der Waals surface area contributed by atoms with Gasteiger partial charge in [0.15, 0.2) is 0 Å². The Bertz CT molecular complexity index is 628. The van der Waals surface area contributed by atoms with Gasteiger partial charge in [-0.25, -0.2) is 4.98 Å². The number of hydrogen-bond acceptors (Lipinski definition) is 4. The van der Waals surface area contributed by atoms with Crippen LogP contribution in [0.25, 0.3) is 10.9 Å². The summed E-state index contributed by atoms with van der Waals surface area (Å²) in [6.07, 6.45) is 0. The maximum absolute atomic E-state index is 11.8. The number of likely N-dealkylation sites (N-methyl/N-ethyl adjacent to an activating group) is 2. The Morgan fingerprint density at radius 1 is 1.33 bits per heavy atom. The Morgan fingerprint density at radius 3 is 2.76 bits per heavy atom. The number of rotatable bonds is 6. The Morgan fingerprint density at radius 2 is 2.10 bits per heavy atom. The lowest BCUT2D eigenvalue weighted by Crippen LogP contribution is -2.38. The molecule has 2 aromatic rings. The van der Waals surface area contributed by atoms with E-state index in [0.717, 1.165) is 16.5 Å². The number of anilines is 1. The van der Waals surface area contributed by atoms with Crippen LogP contribution in [0, 0.1) is 0 Å². The summed E-state index contributed by atoms with van der Waals surface area (Å²) in [4.78, 5) is 18.3. The Hall–Kier alpha value is -2.14. The van der Waals surface area contributed by atoms with Gasteiger partial charge in [0.25, 0.3) is 0 Å². The molecule has 0 aliphatic carbocycles. The first-order chi connectivity index (χ1) is 10.2. The smallest absolute Gasteiger partial charge is 0.239 e. The summed E-state index contributed by atoms with van der Waals surface area (Å²) in [6.45, 7) is 5.25. The van der Waals surface area contributed by atoms with E-state index in [1.165, 1.54) is 0 Å². The molecule has 2 rings (SSSR count). The Labute approximate surface area is 124 Å². The molecule has 112 valence electrons. The molecular weight excluding hydrogens is 266 g/mol. The summed E-state index contributed by atoms with van der Waals surface area (Å²) in [7, 11) is 0. The molecule has 5 nitrogen and oxygen atoms in total. The summed E-state index contributed by atoms with van der Waals surface area (Å²) >= 11 is 0. The van der Waals surface area contributed by atoms with Crippen LogP contribution >= 0.6 is 0 Å². The van der Waals surface area contributed by atoms with Gasteiger partial charge in [-0.05, 0) is 26.0 Å². The highest BCUT2D eigenvalue weighted by atomic mass is 16.3. The van der Waals surface area contributed by atoms with E-state index in [1.807, 2.05) is 49.1 Å². The van der Waals surface area contributed by atoms with Crippen LogP contribution in [-0.2, 0) is 11.4 Å². The van der Waals surface area contributed by atoms with Crippen molar-refractivity contribution in [1.82, 2.24) is 10.3 Å². The molecule has 2 N–H and O–H groups in total. The van der Waals surface area contributed by atoms with Crippen molar-refractivity contribution in [2.75, 3.05) is 24.5 Å². The first kappa shape index (κ1) is 15.3. The number of amides is 1. The topological polar surface area (TPSA) is 65.5 Å². The van der Waals surface area contributed by atoms with E-state index in [-0.39, 0.29) is 19.1 Å². The van der Waals surface area contributed by atoms with Gasteiger partial charge in [-0.15, -0.1) is 0 Å². The molecule has 0 saturated heterocycles. The highest BCUT2D eigenvalue weighted by Gasteiger charge is 2.15. The summed E-state index contributed by atoms with van der Waals surface area (Å²) in [5.74, 6) is 0.628. The minimum atomic E-state index is -0.0982. The van der Waals surface area contributed by atoms with Gasteiger partial charge in [0, 0.05) is 24.0 Å². The number of fused-ring (bicyclic) bond motifs is 1. The zero-order chi connectivity index (χ0) is 15.2. The van der Waals surface area contributed by atoms with E-state index in [4.69, 9.17) is 0 Å². The fourth-order valence-electron chi connectivity index (χ4n) is 2.30. The minimum absolute atomic E-state index is 0.0433. The van der Waals surface area contributed by atoms with Crippen LogP contribution in [0.3, 0.4) is 0 Å². The van der Waals surface area contributed by atoms with Crippen LogP contribution in [0.4, 0.5) is 5.82 Å². The quantitative estimate of drug-likeness (QED) is 0.848. The number of carbonyl (C=O) groups is 1. The summed E-state index contributed by atoms with van der Waals surface area (Å²) in [5.41, 5.74) is 1.60. The monoisotopic (exact) mass is 287 g/mol. The second-order valence-corrected chi connectivity index (χ2v) is 4.79. The third kappa shape index (κ3) is 3.49. The molecule has 0 bridgehead atoms. The number of carbonyl (C=O) groups excluding carboxylic acids is 1. The van der Waals surface area contributed by atoms with Crippen molar-refractivity contribution in [3.8, 4) is 0 Å². The molecule has 0 aliphatic heterocycles. The molecule has 0 spiro atoms. The van der Waals surface area contributed by atoms with Crippen molar-refractivity contribution >= 4 is 22.6 Å². The molecule has 21 heavy (non-hydrogen) atoms. The zero-order valence-electron chi connectivity index (χ0n) is 12.5. The lowest BCUT2D eigenvalue weighted by atomic mass is 10.1. The number of aromatic nitrogens is 1. The van der Waals surface area contributed by atoms with Gasteiger partial charge in [-0.1, -0.05) is 18.2 Å². The van der Waals surface area contributed by atoms with Crippen LogP contribution < -0.4 is 10.2 Å². The van der Waals surface area contributed by atoms with Gasteiger partial charge in [0.2, 0.25) is 5.91 Å². The van der Waals surface area contributed by atoms with E-state index >= 15 is 0 Å². The molecule has 0 radical (unpaired) electrons. The van der Waals surface area contributed by atoms with Gasteiger partial charge < -0.3 is 15.3 Å². The van der Waals surface area contributed by atoms with E-state index < -0.39 is 0 Å². The summed E-state index contributed by atoms with van der Waals surface area (Å²) in [5, 5.41) is 13.4. The summed E-state index contributed by atoms with van der Waals surface area (Å²) < 4.78 is 0. The number of nitrogens with zero attached hydrogens (tertiary/aromatic N) is 2. The number of aliphatic hydroxyl groups excluding tert-OH is 1. The average molecular weight is 287 g/mol. The first-order valence-electron chi connectivity index (χ1n) is 7.20. The fraction of sp³-hybridized carbons (Fsp3) is 0.375. The molecule has 1 aromatic heterocycles. The second-order valence-electron chi connectivity index (χ2n) is 4.79. The molecule has 1 heterocycles. The van der Waals surface area contributed by atoms with E-state index in [1.54, 1.807) is 0 Å². The summed E-state index contributed by atoms with van der Waals surface area (Å²) in [6, 6.07) is 9.69. The number of para-hydroxylation sites is 1. The number of pyridine rings is 1. The van der Waals surface area contributed by atoms with Crippen LogP contribution in [0.1, 0.15) is 19.4 Å². The van der Waals surface area contributed by atoms with E-state index in [9.17, 15) is 9.90 Å². The SMILES string of the molecule is CCNC(=O)CN(CC)c1nc2ccccc2cc1CO. The van der Waals surface area contributed by atoms with Crippen LogP contribution in [0.15, 0.2) is 30.3 Å². The third-order valence-electron chi connectivity index (χ3n) is 3.34. The molecular formula is C16H21N3O2. The van der Waals surface area contributed by atoms with Crippen LogP contribution in [0.5, 0.6) is 0 Å². The van der Waals surface area contributed by atoms with Crippen LogP contribution in [0.2, 0.25) is 0 Å². The largest absolute Gasteiger partial charge is 0.392 e. The molecule has 0 unspecified atom stereocenters. The van der Waals surface area contributed by atoms with E-state index in [0.29, 0.717) is 18.9 Å². The number of aliphatic hydroxyl groups is 1. The molecule has 0 aliphatic rings. The molecule has 5 heteroatoms. The van der Waals surface area contributed by atoms with Gasteiger partial charge >= 0.3 is 0 Å². The van der Waals surface area contributed by atoms with Gasteiger partial charge in [-0.3, -0.25) is 4.79 Å². The van der Waals surface area contributed by atoms with Crippen molar-refractivity contribution in [2.45, 2.75) is 20.5 Å². The molecule has 1 amide bonds. The van der Waals surface area contributed by atoms with Crippen molar-refractivity contribution in [2.24, 2.45) is 0 Å². The van der Waals surface area contributed by atoms with Crippen molar-refractivity contribution in [3.63, 3.8) is 0 Å². The maximum Gasteiger partial charge on any atom is 0.239 e. The molecule has 0 saturated carbocycles. The fourth-order valence-corrected chi connectivity index (χ4v) is 2.30. The third-order valence-corrected chi connectivity index (χ3v) is 3.34. The van der Waals surface area contributed by atoms with Gasteiger partial charge in [-0.2, -0.15) is 0 Å². The van der Waals surface area contributed by atoms with Gasteiger partial charge in [0.1, 0.15) is 5.82 Å². The Kier molecular flexibility index (Phi) is 5.11. The van der Waals surface area contributed by atoms with Gasteiger partial charge in [0.05, 0.1) is 18.7 Å². The van der Waals surface area contributed by atoms with Crippen LogP contribution in [-0.4, -0.2) is 35.6 Å². The molecule has 0 fully saturated rings. The lowest BCUT2D eigenvalue weighted by Gasteiger charge is -2.24. The average Bonchev–Trinajstić information content (AvgIpc) is 2.51. The molecule has 1 aromatic carbocycles. The van der Waals surface area contributed by atoms with Crippen molar-refractivity contribution in [1.29, 1.82) is 0 Å². The minimum Gasteiger partial charge on any atom is -0.392 e. The Balaban J connectivity index is 2.39. The van der Waals surface area contributed by atoms with E-state index in [2.05, 4.69) is 10.3 Å². The first-order valence-corrected chi connectivity index (χ1v) is 7.20. The lowest BCUT2D eigenvalue weighted by molar-refractivity contribution is -0.119. The highest BCUT2D eigenvalue weighted by molar-refractivity contribution is 5.84. The highest BCUT2D eigenvalue weighted by Crippen LogP contribution is 2.23. The number of benzene rings is 1. The second kappa shape index (κ2) is 7.04. The van der Waals surface area contributed by atoms with Crippen molar-refractivity contribution in [3.05, 3.63) is 35.9 Å². The normalized spacial score (nSPS) is 10.6. The predicted molar refractivity (Wildman–Crippen MR) is 84.2 cm³/mol. The molecule has 0 atom stereocenters. The standard InChI is InChI=1S/C16H21N3O2/c1-3-17-15(21)10-19(4-2)16-13(11-20)9-12-7-5-6-8-14(12)18-16/h5-9,20H,3-4,10-11H2,1-2H3,(H,17,21). The predicted octanol–water partition coefficient (Wildman–Crippen LogP) is 1.69.